The second-order valence-corrected chi connectivity index (χ2v) is 9.31. The van der Waals surface area contributed by atoms with Crippen LogP contribution in [0.15, 0.2) is 0 Å². The van der Waals surface area contributed by atoms with Gasteiger partial charge < -0.3 is 13.6 Å². The minimum atomic E-state index is -2.81. The first kappa shape index (κ1) is 29.1. The molecule has 0 atom stereocenters. The smallest absolute Gasteiger partial charge is 0.461 e. The van der Waals surface area contributed by atoms with E-state index in [1.165, 1.54) is 77.0 Å². The topological polar surface area (TPSA) is 72.8 Å². The van der Waals surface area contributed by atoms with Crippen LogP contribution in [0.5, 0.6) is 0 Å². The van der Waals surface area contributed by atoms with Gasteiger partial charge in [-0.15, -0.1) is 0 Å². The van der Waals surface area contributed by atoms with Crippen molar-refractivity contribution in [1.82, 2.24) is 0 Å². The van der Waals surface area contributed by atoms with Crippen molar-refractivity contribution in [2.75, 3.05) is 0 Å². The molecule has 0 amide bonds. The summed E-state index contributed by atoms with van der Waals surface area (Å²) in [5, 5.41) is 0. The molecule has 0 saturated carbocycles. The van der Waals surface area contributed by atoms with Crippen molar-refractivity contribution < 1.29 is 23.2 Å². The molecule has 0 fully saturated rings. The van der Waals surface area contributed by atoms with Crippen molar-refractivity contribution >= 4 is 21.5 Å². The van der Waals surface area contributed by atoms with E-state index in [0.29, 0.717) is 0 Å². The summed E-state index contributed by atoms with van der Waals surface area (Å²) in [4.78, 5) is 33.1. The van der Waals surface area contributed by atoms with Crippen LogP contribution in [0.1, 0.15) is 142 Å². The predicted octanol–water partition coefficient (Wildman–Crippen LogP) is 6.89. The Hall–Kier alpha value is -0.883. The monoisotopic (exact) mass is 443 g/mol. The molecule has 0 aromatic carbocycles. The predicted molar refractivity (Wildman–Crippen MR) is 124 cm³/mol. The van der Waals surface area contributed by atoms with Crippen LogP contribution in [0.2, 0.25) is 0 Å². The lowest BCUT2D eigenvalue weighted by molar-refractivity contribution is -0.142. The molecular weight excluding hydrogens is 396 g/mol. The SMILES string of the molecule is CCCCCCCCCCCC(=O)O[Si](O)OC(=O)CCCCCCCCCCC. The molecule has 6 heteroatoms. The van der Waals surface area contributed by atoms with Crippen molar-refractivity contribution in [2.24, 2.45) is 0 Å². The summed E-state index contributed by atoms with van der Waals surface area (Å²) >= 11 is 0. The van der Waals surface area contributed by atoms with E-state index in [2.05, 4.69) is 13.8 Å². The third-order valence-corrected chi connectivity index (χ3v) is 6.18. The number of rotatable bonds is 22. The minimum Gasteiger partial charge on any atom is -0.461 e. The summed E-state index contributed by atoms with van der Waals surface area (Å²) in [5.74, 6) is -0.935. The van der Waals surface area contributed by atoms with Gasteiger partial charge in [0.05, 0.1) is 0 Å². The molecule has 0 unspecified atom stereocenters. The molecule has 0 aliphatic rings. The molecule has 177 valence electrons. The summed E-state index contributed by atoms with van der Waals surface area (Å²) in [6, 6.07) is 0. The largest absolute Gasteiger partial charge is 0.737 e. The first-order chi connectivity index (χ1) is 14.6. The van der Waals surface area contributed by atoms with E-state index < -0.39 is 21.5 Å². The highest BCUT2D eigenvalue weighted by molar-refractivity contribution is 6.40. The van der Waals surface area contributed by atoms with Gasteiger partial charge in [0.25, 0.3) is 11.9 Å². The maximum atomic E-state index is 11.7. The summed E-state index contributed by atoms with van der Waals surface area (Å²) in [6.07, 6.45) is 21.7. The summed E-state index contributed by atoms with van der Waals surface area (Å²) < 4.78 is 9.72. The number of carbonyl (C=O) groups excluding carboxylic acids is 2. The Bertz CT molecular complexity index is 367. The van der Waals surface area contributed by atoms with Gasteiger partial charge in [-0.2, -0.15) is 0 Å². The van der Waals surface area contributed by atoms with E-state index >= 15 is 0 Å². The fourth-order valence-corrected chi connectivity index (χ4v) is 4.11. The summed E-state index contributed by atoms with van der Waals surface area (Å²) in [5.41, 5.74) is 0. The average Bonchev–Trinajstić information content (AvgIpc) is 2.71. The molecule has 1 N–H and O–H groups in total. The van der Waals surface area contributed by atoms with E-state index in [1.54, 1.807) is 0 Å². The maximum Gasteiger partial charge on any atom is 0.737 e. The lowest BCUT2D eigenvalue weighted by Crippen LogP contribution is -2.29. The number of hydrogen-bond donors (Lipinski definition) is 1. The van der Waals surface area contributed by atoms with Gasteiger partial charge in [-0.05, 0) is 12.8 Å². The number of hydrogen-bond acceptors (Lipinski definition) is 5. The second kappa shape index (κ2) is 22.8. The van der Waals surface area contributed by atoms with Crippen LogP contribution in [0.25, 0.3) is 0 Å². The molecule has 0 heterocycles. The molecule has 1 radical (unpaired) electrons. The van der Waals surface area contributed by atoms with E-state index in [0.717, 1.165) is 38.5 Å². The first-order valence-electron chi connectivity index (χ1n) is 12.6. The lowest BCUT2D eigenvalue weighted by atomic mass is 10.1. The third-order valence-electron chi connectivity index (χ3n) is 5.37. The summed E-state index contributed by atoms with van der Waals surface area (Å²) in [7, 11) is -2.81. The Labute approximate surface area is 187 Å². The number of carbonyl (C=O) groups is 2. The fourth-order valence-electron chi connectivity index (χ4n) is 3.48. The molecule has 0 aromatic heterocycles. The molecule has 0 spiro atoms. The maximum absolute atomic E-state index is 11.7. The highest BCUT2D eigenvalue weighted by Crippen LogP contribution is 2.12. The zero-order valence-corrected chi connectivity index (χ0v) is 20.7. The Balaban J connectivity index is 3.48. The molecule has 0 rings (SSSR count). The van der Waals surface area contributed by atoms with Crippen LogP contribution in [0.4, 0.5) is 0 Å². The molecule has 0 bridgehead atoms. The van der Waals surface area contributed by atoms with E-state index in [4.69, 9.17) is 8.85 Å². The number of unbranched alkanes of at least 4 members (excludes halogenated alkanes) is 16. The molecule has 0 aliphatic heterocycles. The van der Waals surface area contributed by atoms with Crippen molar-refractivity contribution in [3.05, 3.63) is 0 Å². The molecule has 0 aliphatic carbocycles. The molecule has 30 heavy (non-hydrogen) atoms. The van der Waals surface area contributed by atoms with Gasteiger partial charge in [-0.3, -0.25) is 9.59 Å². The Morgan fingerprint density at radius 2 is 0.800 bits per heavy atom. The van der Waals surface area contributed by atoms with Crippen molar-refractivity contribution in [3.63, 3.8) is 0 Å². The van der Waals surface area contributed by atoms with Gasteiger partial charge >= 0.3 is 9.53 Å². The first-order valence-corrected chi connectivity index (χ1v) is 13.8. The minimum absolute atomic E-state index is 0.278. The molecule has 0 saturated heterocycles. The highest BCUT2D eigenvalue weighted by atomic mass is 28.3. The zero-order valence-electron chi connectivity index (χ0n) is 19.7. The Kier molecular flexibility index (Phi) is 22.1. The second-order valence-electron chi connectivity index (χ2n) is 8.37. The van der Waals surface area contributed by atoms with Gasteiger partial charge in [0.2, 0.25) is 0 Å². The third kappa shape index (κ3) is 21.8. The summed E-state index contributed by atoms with van der Waals surface area (Å²) in [6.45, 7) is 4.44. The Morgan fingerprint density at radius 1 is 0.533 bits per heavy atom. The van der Waals surface area contributed by atoms with Crippen molar-refractivity contribution in [2.45, 2.75) is 142 Å². The van der Waals surface area contributed by atoms with Gasteiger partial charge in [0.15, 0.2) is 0 Å². The quantitative estimate of drug-likeness (QED) is 0.146. The average molecular weight is 444 g/mol. The van der Waals surface area contributed by atoms with Crippen LogP contribution in [0, 0.1) is 0 Å². The van der Waals surface area contributed by atoms with Crippen LogP contribution in [0.3, 0.4) is 0 Å². The lowest BCUT2D eigenvalue weighted by Gasteiger charge is -2.09. The van der Waals surface area contributed by atoms with Crippen molar-refractivity contribution in [3.8, 4) is 0 Å². The Morgan fingerprint density at radius 3 is 1.10 bits per heavy atom. The van der Waals surface area contributed by atoms with E-state index in [9.17, 15) is 14.4 Å². The van der Waals surface area contributed by atoms with Gasteiger partial charge in [0.1, 0.15) is 0 Å². The standard InChI is InChI=1S/C24H47O5Si/c1-3-5-7-9-11-13-15-17-19-21-23(25)28-30(27)29-24(26)22-20-18-16-14-12-10-8-6-4-2/h27H,3-22H2,1-2H3. The van der Waals surface area contributed by atoms with Crippen molar-refractivity contribution in [1.29, 1.82) is 0 Å². The van der Waals surface area contributed by atoms with Gasteiger partial charge in [-0.1, -0.05) is 117 Å². The van der Waals surface area contributed by atoms with Gasteiger partial charge in [-0.25, -0.2) is 0 Å². The molecular formula is C24H47O5Si. The highest BCUT2D eigenvalue weighted by Gasteiger charge is 2.24. The zero-order chi connectivity index (χ0) is 22.3. The fraction of sp³-hybridized carbons (Fsp3) is 0.917. The van der Waals surface area contributed by atoms with Crippen LogP contribution < -0.4 is 0 Å². The van der Waals surface area contributed by atoms with Crippen LogP contribution in [-0.4, -0.2) is 26.3 Å². The van der Waals surface area contributed by atoms with Gasteiger partial charge in [0, 0.05) is 12.8 Å². The normalized spacial score (nSPS) is 11.1. The van der Waals surface area contributed by atoms with E-state index in [-0.39, 0.29) is 12.8 Å². The molecule has 0 aromatic rings. The molecule has 5 nitrogen and oxygen atoms in total. The van der Waals surface area contributed by atoms with Crippen LogP contribution in [-0.2, 0) is 18.4 Å². The van der Waals surface area contributed by atoms with Crippen LogP contribution >= 0.6 is 0 Å². The van der Waals surface area contributed by atoms with E-state index in [1.807, 2.05) is 0 Å².